The third kappa shape index (κ3) is 8.36. The largest absolute Gasteiger partial charge is 0.489 e. The third-order valence-corrected chi connectivity index (χ3v) is 7.03. The van der Waals surface area contributed by atoms with Gasteiger partial charge in [0.25, 0.3) is 0 Å². The quantitative estimate of drug-likeness (QED) is 0.295. The number of carboxylic acid groups (broad SMARTS) is 2. The van der Waals surface area contributed by atoms with Crippen molar-refractivity contribution in [1.29, 1.82) is 0 Å². The van der Waals surface area contributed by atoms with Crippen molar-refractivity contribution >= 4 is 47.0 Å². The van der Waals surface area contributed by atoms with Crippen LogP contribution in [-0.2, 0) is 32.2 Å². The van der Waals surface area contributed by atoms with Crippen LogP contribution < -0.4 is 15.4 Å². The Hall–Kier alpha value is -3.30. The Labute approximate surface area is 224 Å². The maximum Gasteiger partial charge on any atom is 0.326 e. The number of hydrogen-bond donors (Lipinski definition) is 4. The van der Waals surface area contributed by atoms with Gasteiger partial charge in [0.15, 0.2) is 0 Å². The Morgan fingerprint density at radius 1 is 1.03 bits per heavy atom. The van der Waals surface area contributed by atoms with E-state index >= 15 is 0 Å². The predicted octanol–water partition coefficient (Wildman–Crippen LogP) is 3.98. The first kappa shape index (κ1) is 28.3. The second-order valence-corrected chi connectivity index (χ2v) is 9.83. The number of carbonyl (C=O) groups is 4. The molecule has 1 saturated heterocycles. The summed E-state index contributed by atoms with van der Waals surface area (Å²) in [5.74, 6) is -2.30. The average molecular weight is 551 g/mol. The molecular weight excluding hydrogens is 523 g/mol. The fourth-order valence-electron chi connectivity index (χ4n) is 4.22. The summed E-state index contributed by atoms with van der Waals surface area (Å²) < 4.78 is 5.74. The van der Waals surface area contributed by atoms with E-state index in [1.807, 2.05) is 0 Å². The summed E-state index contributed by atoms with van der Waals surface area (Å²) in [6, 6.07) is 10.8. The lowest BCUT2D eigenvalue weighted by molar-refractivity contribution is -0.142. The van der Waals surface area contributed by atoms with Gasteiger partial charge in [-0.15, -0.1) is 0 Å². The SMILES string of the molecule is O=C(O)CCC1(CCC(=O)N[C@@H](Cc2ccc(OCc3c(Cl)cccc3Cl)cc2)C(=O)O)CCC(=O)N1. The van der Waals surface area contributed by atoms with Crippen molar-refractivity contribution in [2.45, 2.75) is 63.1 Å². The molecule has 1 fully saturated rings. The highest BCUT2D eigenvalue weighted by molar-refractivity contribution is 6.35. The van der Waals surface area contributed by atoms with E-state index in [1.165, 1.54) is 0 Å². The Morgan fingerprint density at radius 3 is 2.24 bits per heavy atom. The van der Waals surface area contributed by atoms with E-state index in [-0.39, 0.29) is 51.0 Å². The minimum atomic E-state index is -1.18. The second-order valence-electron chi connectivity index (χ2n) is 9.02. The van der Waals surface area contributed by atoms with Crippen molar-refractivity contribution in [2.24, 2.45) is 0 Å². The van der Waals surface area contributed by atoms with Crippen molar-refractivity contribution in [1.82, 2.24) is 10.6 Å². The van der Waals surface area contributed by atoms with Crippen LogP contribution in [0.4, 0.5) is 0 Å². The van der Waals surface area contributed by atoms with Gasteiger partial charge < -0.3 is 25.6 Å². The molecule has 1 unspecified atom stereocenters. The van der Waals surface area contributed by atoms with Crippen molar-refractivity contribution in [3.05, 3.63) is 63.6 Å². The molecule has 2 aromatic rings. The number of benzene rings is 2. The zero-order chi connectivity index (χ0) is 27.0. The maximum atomic E-state index is 12.6. The normalized spacial score (nSPS) is 17.6. The zero-order valence-corrected chi connectivity index (χ0v) is 21.5. The lowest BCUT2D eigenvalue weighted by Gasteiger charge is -2.28. The molecule has 198 valence electrons. The molecule has 0 aliphatic carbocycles. The molecule has 4 N–H and O–H groups in total. The van der Waals surface area contributed by atoms with Gasteiger partial charge in [0, 0.05) is 46.8 Å². The van der Waals surface area contributed by atoms with Crippen LogP contribution in [0.15, 0.2) is 42.5 Å². The predicted molar refractivity (Wildman–Crippen MR) is 137 cm³/mol. The monoisotopic (exact) mass is 550 g/mol. The minimum Gasteiger partial charge on any atom is -0.489 e. The van der Waals surface area contributed by atoms with E-state index in [9.17, 15) is 24.3 Å². The molecule has 0 bridgehead atoms. The number of hydrogen-bond acceptors (Lipinski definition) is 5. The van der Waals surface area contributed by atoms with E-state index < -0.39 is 29.4 Å². The van der Waals surface area contributed by atoms with Crippen LogP contribution in [-0.4, -0.2) is 45.5 Å². The van der Waals surface area contributed by atoms with Gasteiger partial charge in [0.1, 0.15) is 18.4 Å². The van der Waals surface area contributed by atoms with Crippen LogP contribution in [0, 0.1) is 0 Å². The van der Waals surface area contributed by atoms with E-state index in [2.05, 4.69) is 10.6 Å². The molecule has 11 heteroatoms. The molecule has 9 nitrogen and oxygen atoms in total. The summed E-state index contributed by atoms with van der Waals surface area (Å²) in [4.78, 5) is 47.1. The van der Waals surface area contributed by atoms with Crippen molar-refractivity contribution in [2.75, 3.05) is 0 Å². The zero-order valence-electron chi connectivity index (χ0n) is 20.0. The van der Waals surface area contributed by atoms with Gasteiger partial charge in [-0.05, 0) is 49.1 Å². The Balaban J connectivity index is 1.54. The van der Waals surface area contributed by atoms with Crippen LogP contribution in [0.3, 0.4) is 0 Å². The summed E-state index contributed by atoms with van der Waals surface area (Å²) >= 11 is 12.3. The Morgan fingerprint density at radius 2 is 1.68 bits per heavy atom. The molecule has 0 spiro atoms. The van der Waals surface area contributed by atoms with Gasteiger partial charge in [-0.3, -0.25) is 14.4 Å². The summed E-state index contributed by atoms with van der Waals surface area (Å²) in [5.41, 5.74) is 0.567. The molecule has 2 aromatic carbocycles. The first-order valence-corrected chi connectivity index (χ1v) is 12.5. The molecule has 0 radical (unpaired) electrons. The number of nitrogens with one attached hydrogen (secondary N) is 2. The van der Waals surface area contributed by atoms with Gasteiger partial charge in [0.2, 0.25) is 11.8 Å². The van der Waals surface area contributed by atoms with Crippen LogP contribution in [0.5, 0.6) is 5.75 Å². The highest BCUT2D eigenvalue weighted by Gasteiger charge is 2.38. The molecule has 2 amide bonds. The molecule has 37 heavy (non-hydrogen) atoms. The number of aliphatic carboxylic acids is 2. The first-order valence-electron chi connectivity index (χ1n) is 11.8. The van der Waals surface area contributed by atoms with Gasteiger partial charge in [0.05, 0.1) is 0 Å². The topological polar surface area (TPSA) is 142 Å². The second kappa shape index (κ2) is 12.8. The Bertz CT molecular complexity index is 1140. The number of halogens is 2. The lowest BCUT2D eigenvalue weighted by atomic mass is 9.86. The van der Waals surface area contributed by atoms with E-state index in [1.54, 1.807) is 42.5 Å². The molecule has 1 heterocycles. The maximum absolute atomic E-state index is 12.6. The van der Waals surface area contributed by atoms with Crippen molar-refractivity contribution in [3.63, 3.8) is 0 Å². The summed E-state index contributed by atoms with van der Waals surface area (Å²) in [6.45, 7) is 0.167. The molecule has 0 saturated carbocycles. The fourth-order valence-corrected chi connectivity index (χ4v) is 4.73. The van der Waals surface area contributed by atoms with Crippen LogP contribution in [0.2, 0.25) is 10.0 Å². The number of carbonyl (C=O) groups excluding carboxylic acids is 2. The van der Waals surface area contributed by atoms with Crippen LogP contribution >= 0.6 is 23.2 Å². The number of rotatable bonds is 13. The summed E-state index contributed by atoms with van der Waals surface area (Å²) in [5, 5.41) is 24.9. The number of amides is 2. The Kier molecular flexibility index (Phi) is 9.77. The summed E-state index contributed by atoms with van der Waals surface area (Å²) in [7, 11) is 0. The summed E-state index contributed by atoms with van der Waals surface area (Å²) in [6.07, 6.45) is 1.02. The average Bonchev–Trinajstić information content (AvgIpc) is 3.22. The first-order chi connectivity index (χ1) is 17.6. The molecular formula is C26H28Cl2N2O7. The fraction of sp³-hybridized carbons (Fsp3) is 0.385. The van der Waals surface area contributed by atoms with E-state index in [0.29, 0.717) is 33.3 Å². The highest BCUT2D eigenvalue weighted by Crippen LogP contribution is 2.30. The van der Waals surface area contributed by atoms with Crippen molar-refractivity contribution in [3.8, 4) is 5.75 Å². The minimum absolute atomic E-state index is 0.0406. The van der Waals surface area contributed by atoms with E-state index in [0.717, 1.165) is 0 Å². The molecule has 3 rings (SSSR count). The molecule has 0 aromatic heterocycles. The van der Waals surface area contributed by atoms with Gasteiger partial charge in [-0.1, -0.05) is 41.4 Å². The third-order valence-electron chi connectivity index (χ3n) is 6.32. The standard InChI is InChI=1S/C26H28Cl2N2O7/c27-19-2-1-3-20(28)18(19)15-37-17-6-4-16(5-7-17)14-21(25(35)36)29-22(31)8-11-26(13-10-24(33)34)12-9-23(32)30-26/h1-7,21H,8-15H2,(H,29,31)(H,30,32)(H,33,34)(H,35,36)/t21-,26?/m0/s1. The van der Waals surface area contributed by atoms with Gasteiger partial charge in [-0.2, -0.15) is 0 Å². The lowest BCUT2D eigenvalue weighted by Crippen LogP contribution is -2.45. The van der Waals surface area contributed by atoms with Gasteiger partial charge in [-0.25, -0.2) is 4.79 Å². The molecule has 2 atom stereocenters. The smallest absolute Gasteiger partial charge is 0.326 e. The van der Waals surface area contributed by atoms with E-state index in [4.69, 9.17) is 33.0 Å². The van der Waals surface area contributed by atoms with Crippen molar-refractivity contribution < 1.29 is 34.1 Å². The molecule has 1 aliphatic rings. The van der Waals surface area contributed by atoms with Crippen LogP contribution in [0.25, 0.3) is 0 Å². The number of ether oxygens (including phenoxy) is 1. The van der Waals surface area contributed by atoms with Crippen LogP contribution in [0.1, 0.15) is 49.7 Å². The highest BCUT2D eigenvalue weighted by atomic mass is 35.5. The van der Waals surface area contributed by atoms with Gasteiger partial charge >= 0.3 is 11.9 Å². The molecule has 1 aliphatic heterocycles. The number of carboxylic acids is 2.